The topological polar surface area (TPSA) is 29.1 Å². The van der Waals surface area contributed by atoms with Gasteiger partial charge in [-0.3, -0.25) is 4.79 Å². The Bertz CT molecular complexity index is 382. The van der Waals surface area contributed by atoms with Crippen LogP contribution in [0.5, 0.6) is 0 Å². The molecule has 1 N–H and O–H groups in total. The Labute approximate surface area is 97.1 Å². The minimum absolute atomic E-state index is 0.0961. The van der Waals surface area contributed by atoms with Crippen molar-refractivity contribution in [1.29, 1.82) is 0 Å². The van der Waals surface area contributed by atoms with Gasteiger partial charge in [0.25, 0.3) is 0 Å². The molecule has 1 saturated carbocycles. The molecule has 1 unspecified atom stereocenters. The van der Waals surface area contributed by atoms with Crippen LogP contribution in [-0.2, 0) is 0 Å². The van der Waals surface area contributed by atoms with Gasteiger partial charge in [0.2, 0.25) is 0 Å². The summed E-state index contributed by atoms with van der Waals surface area (Å²) in [6.07, 6.45) is 3.77. The van der Waals surface area contributed by atoms with Gasteiger partial charge >= 0.3 is 0 Å². The average molecular weight is 217 g/mol. The van der Waals surface area contributed by atoms with Crippen molar-refractivity contribution in [3.63, 3.8) is 0 Å². The summed E-state index contributed by atoms with van der Waals surface area (Å²) in [5.41, 5.74) is 2.16. The molecule has 0 heterocycles. The lowest BCUT2D eigenvalue weighted by Gasteiger charge is -2.28. The lowest BCUT2D eigenvalue weighted by atomic mass is 9.77. The van der Waals surface area contributed by atoms with Gasteiger partial charge in [-0.1, -0.05) is 30.7 Å². The summed E-state index contributed by atoms with van der Waals surface area (Å²) in [6, 6.07) is 7.97. The predicted octanol–water partition coefficient (Wildman–Crippen LogP) is 2.74. The first-order valence-corrected chi connectivity index (χ1v) is 6.04. The molecule has 2 heteroatoms. The maximum absolute atomic E-state index is 12.2. The highest BCUT2D eigenvalue weighted by molar-refractivity contribution is 6.01. The Hall–Kier alpha value is -1.15. The van der Waals surface area contributed by atoms with Crippen LogP contribution in [0, 0.1) is 0 Å². The smallest absolute Gasteiger partial charge is 0.179 e. The van der Waals surface area contributed by atoms with Gasteiger partial charge in [-0.05, 0) is 38.3 Å². The molecule has 0 saturated heterocycles. The summed E-state index contributed by atoms with van der Waals surface area (Å²) in [6.45, 7) is 1.92. The molecule has 0 spiro atoms. The number of rotatable bonds is 4. The van der Waals surface area contributed by atoms with E-state index in [0.29, 0.717) is 5.92 Å². The van der Waals surface area contributed by atoms with E-state index in [0.717, 1.165) is 5.56 Å². The molecule has 1 aromatic carbocycles. The second-order valence-corrected chi connectivity index (χ2v) is 4.59. The number of likely N-dealkylation sites (N-methyl/N-ethyl adjacent to an activating group) is 1. The fourth-order valence-corrected chi connectivity index (χ4v) is 2.16. The van der Waals surface area contributed by atoms with E-state index in [1.807, 2.05) is 32.2 Å². The van der Waals surface area contributed by atoms with Gasteiger partial charge in [0, 0.05) is 5.56 Å². The van der Waals surface area contributed by atoms with Crippen LogP contribution < -0.4 is 5.32 Å². The minimum atomic E-state index is -0.0961. The number of benzene rings is 1. The van der Waals surface area contributed by atoms with Crippen molar-refractivity contribution in [3.8, 4) is 0 Å². The van der Waals surface area contributed by atoms with Crippen LogP contribution in [-0.4, -0.2) is 18.9 Å². The zero-order chi connectivity index (χ0) is 11.5. The van der Waals surface area contributed by atoms with Gasteiger partial charge in [0.05, 0.1) is 6.04 Å². The number of nitrogens with one attached hydrogen (secondary N) is 1. The molecule has 1 aliphatic rings. The van der Waals surface area contributed by atoms with E-state index in [2.05, 4.69) is 11.4 Å². The minimum Gasteiger partial charge on any atom is -0.310 e. The maximum atomic E-state index is 12.2. The fourth-order valence-electron chi connectivity index (χ4n) is 2.16. The molecule has 1 aliphatic carbocycles. The molecule has 0 amide bonds. The van der Waals surface area contributed by atoms with Crippen LogP contribution in [0.4, 0.5) is 0 Å². The Balaban J connectivity index is 2.28. The first kappa shape index (κ1) is 11.3. The van der Waals surface area contributed by atoms with Crippen molar-refractivity contribution in [1.82, 2.24) is 5.32 Å². The normalized spacial score (nSPS) is 17.9. The van der Waals surface area contributed by atoms with Gasteiger partial charge in [-0.2, -0.15) is 0 Å². The maximum Gasteiger partial charge on any atom is 0.179 e. The quantitative estimate of drug-likeness (QED) is 0.786. The van der Waals surface area contributed by atoms with Gasteiger partial charge in [-0.15, -0.1) is 0 Å². The van der Waals surface area contributed by atoms with Crippen molar-refractivity contribution >= 4 is 5.78 Å². The molecule has 0 aromatic heterocycles. The van der Waals surface area contributed by atoms with E-state index in [1.165, 1.54) is 24.8 Å². The molecular formula is C14H19NO. The van der Waals surface area contributed by atoms with Crippen molar-refractivity contribution < 1.29 is 4.79 Å². The Morgan fingerprint density at radius 1 is 1.38 bits per heavy atom. The van der Waals surface area contributed by atoms with Crippen molar-refractivity contribution in [2.75, 3.05) is 7.05 Å². The third-order valence-electron chi connectivity index (χ3n) is 3.60. The molecule has 2 rings (SSSR count). The molecule has 2 nitrogen and oxygen atoms in total. The third-order valence-corrected chi connectivity index (χ3v) is 3.60. The Morgan fingerprint density at radius 3 is 2.62 bits per heavy atom. The number of carbonyl (C=O) groups excluding carboxylic acids is 1. The van der Waals surface area contributed by atoms with Crippen molar-refractivity contribution in [2.45, 2.75) is 38.1 Å². The first-order chi connectivity index (χ1) is 7.74. The summed E-state index contributed by atoms with van der Waals surface area (Å²) in [7, 11) is 1.83. The highest BCUT2D eigenvalue weighted by Crippen LogP contribution is 2.38. The molecule has 86 valence electrons. The molecule has 0 radical (unpaired) electrons. The summed E-state index contributed by atoms with van der Waals surface area (Å²) >= 11 is 0. The Morgan fingerprint density at radius 2 is 2.06 bits per heavy atom. The van der Waals surface area contributed by atoms with E-state index in [-0.39, 0.29) is 11.8 Å². The monoisotopic (exact) mass is 217 g/mol. The molecular weight excluding hydrogens is 198 g/mol. The van der Waals surface area contributed by atoms with Gasteiger partial charge < -0.3 is 5.32 Å². The largest absolute Gasteiger partial charge is 0.310 e. The highest BCUT2D eigenvalue weighted by Gasteiger charge is 2.25. The van der Waals surface area contributed by atoms with Crippen molar-refractivity contribution in [3.05, 3.63) is 35.4 Å². The van der Waals surface area contributed by atoms with Crippen LogP contribution in [0.1, 0.15) is 48.0 Å². The number of hydrogen-bond acceptors (Lipinski definition) is 2. The molecule has 1 fully saturated rings. The number of carbonyl (C=O) groups is 1. The van der Waals surface area contributed by atoms with E-state index >= 15 is 0 Å². The standard InChI is InChI=1S/C14H19NO/c1-10(15-2)14(16)13-9-4-3-8-12(13)11-6-5-7-11/h3-4,8-11,15H,5-7H2,1-2H3. The third kappa shape index (κ3) is 2.03. The highest BCUT2D eigenvalue weighted by atomic mass is 16.1. The van der Waals surface area contributed by atoms with Crippen LogP contribution in [0.3, 0.4) is 0 Å². The summed E-state index contributed by atoms with van der Waals surface area (Å²) in [5, 5.41) is 3.02. The molecule has 1 atom stereocenters. The van der Waals surface area contributed by atoms with E-state index in [4.69, 9.17) is 0 Å². The van der Waals surface area contributed by atoms with Gasteiger partial charge in [-0.25, -0.2) is 0 Å². The van der Waals surface area contributed by atoms with Crippen LogP contribution >= 0.6 is 0 Å². The fraction of sp³-hybridized carbons (Fsp3) is 0.500. The van der Waals surface area contributed by atoms with Crippen molar-refractivity contribution in [2.24, 2.45) is 0 Å². The number of hydrogen-bond donors (Lipinski definition) is 1. The first-order valence-electron chi connectivity index (χ1n) is 6.04. The van der Waals surface area contributed by atoms with Crippen LogP contribution in [0.15, 0.2) is 24.3 Å². The average Bonchev–Trinajstić information content (AvgIpc) is 2.25. The second kappa shape index (κ2) is 4.79. The van der Waals surface area contributed by atoms with Gasteiger partial charge in [0.15, 0.2) is 5.78 Å². The van der Waals surface area contributed by atoms with Crippen LogP contribution in [0.25, 0.3) is 0 Å². The molecule has 1 aromatic rings. The summed E-state index contributed by atoms with van der Waals surface area (Å²) in [4.78, 5) is 12.2. The predicted molar refractivity (Wildman–Crippen MR) is 65.9 cm³/mol. The second-order valence-electron chi connectivity index (χ2n) is 4.59. The molecule has 0 bridgehead atoms. The lowest BCUT2D eigenvalue weighted by molar-refractivity contribution is 0.0953. The SMILES string of the molecule is CNC(C)C(=O)c1ccccc1C1CCC1. The van der Waals surface area contributed by atoms with Gasteiger partial charge in [0.1, 0.15) is 0 Å². The Kier molecular flexibility index (Phi) is 3.39. The van der Waals surface area contributed by atoms with E-state index in [9.17, 15) is 4.79 Å². The zero-order valence-corrected chi connectivity index (χ0v) is 9.99. The van der Waals surface area contributed by atoms with Crippen LogP contribution in [0.2, 0.25) is 0 Å². The lowest BCUT2D eigenvalue weighted by Crippen LogP contribution is -2.32. The van der Waals surface area contributed by atoms with E-state index < -0.39 is 0 Å². The number of ketones is 1. The summed E-state index contributed by atoms with van der Waals surface area (Å²) in [5.74, 6) is 0.828. The van der Waals surface area contributed by atoms with E-state index in [1.54, 1.807) is 0 Å². The molecule has 0 aliphatic heterocycles. The molecule has 16 heavy (non-hydrogen) atoms. The summed E-state index contributed by atoms with van der Waals surface area (Å²) < 4.78 is 0. The number of Topliss-reactive ketones (excluding diaryl/α,β-unsaturated/α-hetero) is 1. The zero-order valence-electron chi connectivity index (χ0n) is 9.99.